The summed E-state index contributed by atoms with van der Waals surface area (Å²) in [5.74, 6) is 0.837. The average Bonchev–Trinajstić information content (AvgIpc) is 2.18. The van der Waals surface area contributed by atoms with Crippen molar-refractivity contribution in [1.82, 2.24) is 0 Å². The lowest BCUT2D eigenvalue weighted by Gasteiger charge is -2.05. The van der Waals surface area contributed by atoms with Crippen LogP contribution in [0.1, 0.15) is 18.4 Å². The van der Waals surface area contributed by atoms with E-state index in [0.29, 0.717) is 6.42 Å². The second-order valence-corrected chi connectivity index (χ2v) is 3.88. The molecule has 1 aromatic carbocycles. The number of methoxy groups -OCH3 is 1. The highest BCUT2D eigenvalue weighted by Gasteiger charge is 2.00. The summed E-state index contributed by atoms with van der Waals surface area (Å²) in [5.41, 5.74) is 1.22. The van der Waals surface area contributed by atoms with E-state index in [1.165, 1.54) is 5.56 Å². The Morgan fingerprint density at radius 3 is 2.86 bits per heavy atom. The molecule has 0 heterocycles. The molecule has 0 unspecified atom stereocenters. The Hall–Kier alpha value is -0.830. The van der Waals surface area contributed by atoms with Crippen molar-refractivity contribution >= 4 is 22.2 Å². The van der Waals surface area contributed by atoms with Gasteiger partial charge in [-0.05, 0) is 46.5 Å². The molecule has 2 nitrogen and oxygen atoms in total. The number of carbonyl (C=O) groups excluding carboxylic acids is 1. The molecular weight excluding hydrogens is 244 g/mol. The molecule has 0 fully saturated rings. The first-order chi connectivity index (χ1) is 6.77. The van der Waals surface area contributed by atoms with E-state index >= 15 is 0 Å². The zero-order valence-electron chi connectivity index (χ0n) is 8.13. The van der Waals surface area contributed by atoms with Gasteiger partial charge in [0.2, 0.25) is 0 Å². The zero-order valence-corrected chi connectivity index (χ0v) is 9.71. The number of halogens is 1. The highest BCUT2D eigenvalue weighted by molar-refractivity contribution is 9.10. The van der Waals surface area contributed by atoms with E-state index in [9.17, 15) is 4.79 Å². The smallest absolute Gasteiger partial charge is 0.133 e. The lowest BCUT2D eigenvalue weighted by molar-refractivity contribution is -0.107. The van der Waals surface area contributed by atoms with Gasteiger partial charge in [0, 0.05) is 6.42 Å². The first-order valence-electron chi connectivity index (χ1n) is 4.54. The second kappa shape index (κ2) is 5.81. The third-order valence-electron chi connectivity index (χ3n) is 2.00. The normalized spacial score (nSPS) is 9.86. The molecule has 76 valence electrons. The van der Waals surface area contributed by atoms with Crippen molar-refractivity contribution in [2.45, 2.75) is 19.3 Å². The fraction of sp³-hybridized carbons (Fsp3) is 0.364. The summed E-state index contributed by atoms with van der Waals surface area (Å²) >= 11 is 3.42. The van der Waals surface area contributed by atoms with Gasteiger partial charge in [0.15, 0.2) is 0 Å². The summed E-state index contributed by atoms with van der Waals surface area (Å²) in [4.78, 5) is 10.1. The lowest BCUT2D eigenvalue weighted by atomic mass is 10.1. The molecule has 0 atom stereocenters. The SMILES string of the molecule is COc1ccc(CCCC=O)cc1Br. The summed E-state index contributed by atoms with van der Waals surface area (Å²) in [6.45, 7) is 0. The predicted octanol–water partition coefficient (Wildman–Crippen LogP) is 2.98. The van der Waals surface area contributed by atoms with Gasteiger partial charge in [-0.2, -0.15) is 0 Å². The average molecular weight is 257 g/mol. The van der Waals surface area contributed by atoms with Crippen molar-refractivity contribution in [3.05, 3.63) is 28.2 Å². The maximum atomic E-state index is 10.1. The molecule has 1 rings (SSSR count). The molecular formula is C11H13BrO2. The molecule has 0 N–H and O–H groups in total. The molecule has 0 saturated carbocycles. The van der Waals surface area contributed by atoms with Crippen molar-refractivity contribution < 1.29 is 9.53 Å². The Labute approximate surface area is 92.4 Å². The largest absolute Gasteiger partial charge is 0.496 e. The van der Waals surface area contributed by atoms with Gasteiger partial charge < -0.3 is 9.53 Å². The van der Waals surface area contributed by atoms with Crippen LogP contribution >= 0.6 is 15.9 Å². The zero-order chi connectivity index (χ0) is 10.4. The number of hydrogen-bond acceptors (Lipinski definition) is 2. The molecule has 0 aliphatic carbocycles. The molecule has 0 amide bonds. The number of benzene rings is 1. The van der Waals surface area contributed by atoms with E-state index in [2.05, 4.69) is 15.9 Å². The standard InChI is InChI=1S/C11H13BrO2/c1-14-11-6-5-9(8-10(11)12)4-2-3-7-13/h5-8H,2-4H2,1H3. The van der Waals surface area contributed by atoms with Crippen molar-refractivity contribution in [3.63, 3.8) is 0 Å². The van der Waals surface area contributed by atoms with E-state index in [1.807, 2.05) is 18.2 Å². The molecule has 0 aliphatic rings. The number of unbranched alkanes of at least 4 members (excludes halogenated alkanes) is 1. The quantitative estimate of drug-likeness (QED) is 0.598. The Balaban J connectivity index is 2.61. The predicted molar refractivity (Wildman–Crippen MR) is 59.7 cm³/mol. The molecule has 0 bridgehead atoms. The van der Waals surface area contributed by atoms with Gasteiger partial charge in [-0.15, -0.1) is 0 Å². The highest BCUT2D eigenvalue weighted by atomic mass is 79.9. The summed E-state index contributed by atoms with van der Waals surface area (Å²) in [6.07, 6.45) is 3.42. The summed E-state index contributed by atoms with van der Waals surface area (Å²) in [6, 6.07) is 5.98. The fourth-order valence-corrected chi connectivity index (χ4v) is 1.84. The third kappa shape index (κ3) is 3.14. The van der Waals surface area contributed by atoms with Gasteiger partial charge in [0.05, 0.1) is 11.6 Å². The number of ether oxygens (including phenoxy) is 1. The van der Waals surface area contributed by atoms with Crippen LogP contribution in [0.5, 0.6) is 5.75 Å². The van der Waals surface area contributed by atoms with Crippen LogP contribution in [0.15, 0.2) is 22.7 Å². The van der Waals surface area contributed by atoms with Gasteiger partial charge >= 0.3 is 0 Å². The van der Waals surface area contributed by atoms with E-state index in [-0.39, 0.29) is 0 Å². The molecule has 0 spiro atoms. The van der Waals surface area contributed by atoms with Crippen LogP contribution in [0.2, 0.25) is 0 Å². The highest BCUT2D eigenvalue weighted by Crippen LogP contribution is 2.25. The monoisotopic (exact) mass is 256 g/mol. The van der Waals surface area contributed by atoms with Gasteiger partial charge in [0.1, 0.15) is 12.0 Å². The van der Waals surface area contributed by atoms with Crippen molar-refractivity contribution in [2.24, 2.45) is 0 Å². The van der Waals surface area contributed by atoms with E-state index in [1.54, 1.807) is 7.11 Å². The van der Waals surface area contributed by atoms with Gasteiger partial charge in [-0.25, -0.2) is 0 Å². The summed E-state index contributed by atoms with van der Waals surface area (Å²) in [5, 5.41) is 0. The van der Waals surface area contributed by atoms with Gasteiger partial charge in [0.25, 0.3) is 0 Å². The van der Waals surface area contributed by atoms with Crippen LogP contribution in [0.3, 0.4) is 0 Å². The van der Waals surface area contributed by atoms with Crippen molar-refractivity contribution in [3.8, 4) is 5.75 Å². The third-order valence-corrected chi connectivity index (χ3v) is 2.62. The number of aldehydes is 1. The Morgan fingerprint density at radius 2 is 2.29 bits per heavy atom. The Morgan fingerprint density at radius 1 is 1.50 bits per heavy atom. The number of rotatable bonds is 5. The first-order valence-corrected chi connectivity index (χ1v) is 5.33. The van der Waals surface area contributed by atoms with Gasteiger partial charge in [-0.3, -0.25) is 0 Å². The van der Waals surface area contributed by atoms with Gasteiger partial charge in [-0.1, -0.05) is 6.07 Å². The molecule has 0 aromatic heterocycles. The molecule has 0 saturated heterocycles. The molecule has 0 aliphatic heterocycles. The molecule has 1 aromatic rings. The van der Waals surface area contributed by atoms with Crippen LogP contribution in [0.4, 0.5) is 0 Å². The van der Waals surface area contributed by atoms with Crippen LogP contribution in [0.25, 0.3) is 0 Å². The van der Waals surface area contributed by atoms with E-state index < -0.39 is 0 Å². The van der Waals surface area contributed by atoms with E-state index in [4.69, 9.17) is 4.74 Å². The van der Waals surface area contributed by atoms with Crippen LogP contribution in [-0.4, -0.2) is 13.4 Å². The number of aryl methyl sites for hydroxylation is 1. The maximum absolute atomic E-state index is 10.1. The van der Waals surface area contributed by atoms with Crippen molar-refractivity contribution in [2.75, 3.05) is 7.11 Å². The fourth-order valence-electron chi connectivity index (χ4n) is 1.25. The second-order valence-electron chi connectivity index (χ2n) is 3.03. The summed E-state index contributed by atoms with van der Waals surface area (Å²) in [7, 11) is 1.64. The lowest BCUT2D eigenvalue weighted by Crippen LogP contribution is -1.89. The number of carbonyl (C=O) groups is 1. The molecule has 0 radical (unpaired) electrons. The maximum Gasteiger partial charge on any atom is 0.133 e. The summed E-state index contributed by atoms with van der Waals surface area (Å²) < 4.78 is 6.08. The minimum Gasteiger partial charge on any atom is -0.496 e. The topological polar surface area (TPSA) is 26.3 Å². The minimum absolute atomic E-state index is 0.629. The Bertz CT molecular complexity index is 310. The Kier molecular flexibility index (Phi) is 4.66. The van der Waals surface area contributed by atoms with Crippen LogP contribution in [0, 0.1) is 0 Å². The first kappa shape index (κ1) is 11.2. The number of hydrogen-bond donors (Lipinski definition) is 0. The molecule has 14 heavy (non-hydrogen) atoms. The van der Waals surface area contributed by atoms with Crippen molar-refractivity contribution in [1.29, 1.82) is 0 Å². The minimum atomic E-state index is 0.629. The molecule has 3 heteroatoms. The van der Waals surface area contributed by atoms with E-state index in [0.717, 1.165) is 29.4 Å². The van der Waals surface area contributed by atoms with Crippen LogP contribution in [-0.2, 0) is 11.2 Å². The van der Waals surface area contributed by atoms with Crippen LogP contribution < -0.4 is 4.74 Å².